The fourth-order valence-electron chi connectivity index (χ4n) is 1.49. The summed E-state index contributed by atoms with van der Waals surface area (Å²) in [5.41, 5.74) is -0.343. The van der Waals surface area contributed by atoms with Crippen molar-refractivity contribution in [3.05, 3.63) is 33.3 Å². The predicted molar refractivity (Wildman–Crippen MR) is 90.5 cm³/mol. The van der Waals surface area contributed by atoms with Gasteiger partial charge < -0.3 is 14.6 Å². The molecule has 0 fully saturated rings. The van der Waals surface area contributed by atoms with Crippen LogP contribution in [-0.4, -0.2) is 36.4 Å². The van der Waals surface area contributed by atoms with Crippen molar-refractivity contribution in [1.29, 1.82) is 0 Å². The third kappa shape index (κ3) is 6.49. The molecule has 128 valence electrons. The van der Waals surface area contributed by atoms with Gasteiger partial charge in [-0.1, -0.05) is 34.5 Å². The zero-order valence-electron chi connectivity index (χ0n) is 13.3. The zero-order chi connectivity index (χ0) is 17.6. The molecule has 0 amide bonds. The van der Waals surface area contributed by atoms with Crippen molar-refractivity contribution in [3.8, 4) is 0 Å². The van der Waals surface area contributed by atoms with Crippen molar-refractivity contribution < 1.29 is 24.2 Å². The summed E-state index contributed by atoms with van der Waals surface area (Å²) in [4.78, 5) is 23.7. The molecule has 7 heteroatoms. The van der Waals surface area contributed by atoms with Gasteiger partial charge in [0.15, 0.2) is 0 Å². The lowest BCUT2D eigenvalue weighted by molar-refractivity contribution is -0.157. The van der Waals surface area contributed by atoms with E-state index in [1.165, 1.54) is 6.07 Å². The maximum absolute atomic E-state index is 11.9. The molecule has 1 unspecified atom stereocenters. The van der Waals surface area contributed by atoms with Crippen LogP contribution in [0.1, 0.15) is 37.6 Å². The SMILES string of the molecule is CCC(C)(C)C(=O)OCC(O)COC(=O)c1cc(Cl)cc(Br)c1. The quantitative estimate of drug-likeness (QED) is 0.699. The highest BCUT2D eigenvalue weighted by Gasteiger charge is 2.27. The van der Waals surface area contributed by atoms with Gasteiger partial charge in [-0.05, 0) is 38.5 Å². The van der Waals surface area contributed by atoms with Gasteiger partial charge in [0.1, 0.15) is 19.3 Å². The molecule has 5 nitrogen and oxygen atoms in total. The maximum Gasteiger partial charge on any atom is 0.338 e. The van der Waals surface area contributed by atoms with Gasteiger partial charge in [0.2, 0.25) is 0 Å². The molecule has 0 aliphatic carbocycles. The van der Waals surface area contributed by atoms with E-state index >= 15 is 0 Å². The van der Waals surface area contributed by atoms with Crippen LogP contribution in [-0.2, 0) is 14.3 Å². The van der Waals surface area contributed by atoms with Crippen LogP contribution in [0.25, 0.3) is 0 Å². The van der Waals surface area contributed by atoms with Crippen molar-refractivity contribution in [2.45, 2.75) is 33.3 Å². The molecule has 0 aromatic heterocycles. The average Bonchev–Trinajstić information content (AvgIpc) is 2.48. The van der Waals surface area contributed by atoms with Crippen molar-refractivity contribution in [1.82, 2.24) is 0 Å². The van der Waals surface area contributed by atoms with Gasteiger partial charge >= 0.3 is 11.9 Å². The molecule has 23 heavy (non-hydrogen) atoms. The van der Waals surface area contributed by atoms with Crippen LogP contribution in [0.5, 0.6) is 0 Å². The Morgan fingerprint density at radius 1 is 1.26 bits per heavy atom. The number of carbonyl (C=O) groups is 2. The van der Waals surface area contributed by atoms with E-state index in [2.05, 4.69) is 15.9 Å². The summed E-state index contributed by atoms with van der Waals surface area (Å²) in [7, 11) is 0. The molecule has 1 aromatic carbocycles. The van der Waals surface area contributed by atoms with E-state index in [0.717, 1.165) is 0 Å². The van der Waals surface area contributed by atoms with Crippen molar-refractivity contribution in [2.75, 3.05) is 13.2 Å². The number of hydrogen-bond donors (Lipinski definition) is 1. The molecule has 1 aromatic rings. The highest BCUT2D eigenvalue weighted by Crippen LogP contribution is 2.22. The highest BCUT2D eigenvalue weighted by molar-refractivity contribution is 9.10. The number of esters is 2. The van der Waals surface area contributed by atoms with Crippen molar-refractivity contribution >= 4 is 39.5 Å². The van der Waals surface area contributed by atoms with Gasteiger partial charge in [-0.25, -0.2) is 4.79 Å². The van der Waals surface area contributed by atoms with Crippen LogP contribution in [0.15, 0.2) is 22.7 Å². The molecule has 1 rings (SSSR count). The van der Waals surface area contributed by atoms with Crippen LogP contribution in [0, 0.1) is 5.41 Å². The van der Waals surface area contributed by atoms with Crippen LogP contribution in [0.2, 0.25) is 5.02 Å². The Bertz CT molecular complexity index is 553. The maximum atomic E-state index is 11.9. The van der Waals surface area contributed by atoms with E-state index in [-0.39, 0.29) is 18.8 Å². The Morgan fingerprint density at radius 2 is 1.87 bits per heavy atom. The normalized spacial score (nSPS) is 12.6. The Balaban J connectivity index is 2.45. The van der Waals surface area contributed by atoms with Crippen molar-refractivity contribution in [3.63, 3.8) is 0 Å². The number of ether oxygens (including phenoxy) is 2. The van der Waals surface area contributed by atoms with Gasteiger partial charge in [0.05, 0.1) is 11.0 Å². The van der Waals surface area contributed by atoms with Crippen LogP contribution in [0.3, 0.4) is 0 Å². The third-order valence-corrected chi connectivity index (χ3v) is 4.02. The molecule has 0 saturated carbocycles. The Kier molecular flexibility index (Phi) is 7.51. The lowest BCUT2D eigenvalue weighted by Gasteiger charge is -2.21. The first-order valence-electron chi connectivity index (χ1n) is 7.14. The summed E-state index contributed by atoms with van der Waals surface area (Å²) < 4.78 is 10.7. The molecule has 0 saturated heterocycles. The van der Waals surface area contributed by atoms with E-state index in [4.69, 9.17) is 21.1 Å². The largest absolute Gasteiger partial charge is 0.462 e. The molecule has 0 bridgehead atoms. The molecular formula is C16H20BrClO5. The van der Waals surface area contributed by atoms with E-state index in [1.807, 2.05) is 6.92 Å². The summed E-state index contributed by atoms with van der Waals surface area (Å²) in [6, 6.07) is 4.66. The zero-order valence-corrected chi connectivity index (χ0v) is 15.6. The summed E-state index contributed by atoms with van der Waals surface area (Å²) in [5, 5.41) is 10.1. The second-order valence-corrected chi connectivity index (χ2v) is 7.10. The molecule has 0 aliphatic rings. The lowest BCUT2D eigenvalue weighted by Crippen LogP contribution is -2.31. The third-order valence-electron chi connectivity index (χ3n) is 3.35. The van der Waals surface area contributed by atoms with Gasteiger partial charge in [-0.2, -0.15) is 0 Å². The number of carbonyl (C=O) groups excluding carboxylic acids is 2. The van der Waals surface area contributed by atoms with Gasteiger partial charge in [0.25, 0.3) is 0 Å². The molecule has 1 atom stereocenters. The molecule has 1 N–H and O–H groups in total. The second kappa shape index (κ2) is 8.66. The summed E-state index contributed by atoms with van der Waals surface area (Å²) >= 11 is 9.08. The number of aliphatic hydroxyl groups excluding tert-OH is 1. The van der Waals surface area contributed by atoms with E-state index in [0.29, 0.717) is 15.9 Å². The van der Waals surface area contributed by atoms with Crippen LogP contribution in [0.4, 0.5) is 0 Å². The molecular weight excluding hydrogens is 388 g/mol. The van der Waals surface area contributed by atoms with Gasteiger partial charge in [-0.3, -0.25) is 4.79 Å². The minimum atomic E-state index is -1.09. The Hall–Kier alpha value is -1.11. The van der Waals surface area contributed by atoms with E-state index in [1.54, 1.807) is 26.0 Å². The van der Waals surface area contributed by atoms with Gasteiger partial charge in [-0.15, -0.1) is 0 Å². The van der Waals surface area contributed by atoms with Crippen LogP contribution < -0.4 is 0 Å². The molecule has 0 spiro atoms. The smallest absolute Gasteiger partial charge is 0.338 e. The van der Waals surface area contributed by atoms with E-state index in [9.17, 15) is 14.7 Å². The summed E-state index contributed by atoms with van der Waals surface area (Å²) in [5.74, 6) is -1.02. The lowest BCUT2D eigenvalue weighted by atomic mass is 9.91. The number of halogens is 2. The van der Waals surface area contributed by atoms with E-state index < -0.39 is 23.5 Å². The summed E-state index contributed by atoms with van der Waals surface area (Å²) in [6.45, 7) is 4.90. The monoisotopic (exact) mass is 406 g/mol. The standard InChI is InChI=1S/C16H20BrClO5/c1-4-16(2,3)15(21)23-9-13(19)8-22-14(20)10-5-11(17)7-12(18)6-10/h5-7,13,19H,4,8-9H2,1-3H3. The summed E-state index contributed by atoms with van der Waals surface area (Å²) in [6.07, 6.45) is -0.459. The minimum absolute atomic E-state index is 0.227. The first kappa shape index (κ1) is 19.9. The Labute approximate surface area is 149 Å². The fraction of sp³-hybridized carbons (Fsp3) is 0.500. The number of hydrogen-bond acceptors (Lipinski definition) is 5. The fourth-order valence-corrected chi connectivity index (χ4v) is 2.35. The molecule has 0 aliphatic heterocycles. The first-order chi connectivity index (χ1) is 10.7. The first-order valence-corrected chi connectivity index (χ1v) is 8.31. The highest BCUT2D eigenvalue weighted by atomic mass is 79.9. The molecule has 0 radical (unpaired) electrons. The topological polar surface area (TPSA) is 72.8 Å². The minimum Gasteiger partial charge on any atom is -0.462 e. The van der Waals surface area contributed by atoms with Gasteiger partial charge in [0, 0.05) is 9.50 Å². The number of aliphatic hydroxyl groups is 1. The van der Waals surface area contributed by atoms with Crippen molar-refractivity contribution in [2.24, 2.45) is 5.41 Å². The average molecular weight is 408 g/mol. The Morgan fingerprint density at radius 3 is 2.43 bits per heavy atom. The molecule has 0 heterocycles. The number of rotatable bonds is 7. The second-order valence-electron chi connectivity index (χ2n) is 5.75. The van der Waals surface area contributed by atoms with Crippen LogP contribution >= 0.6 is 27.5 Å². The number of benzene rings is 1. The predicted octanol–water partition coefficient (Wildman–Crippen LogP) is 3.60.